The second-order valence-electron chi connectivity index (χ2n) is 5.69. The molecule has 0 heterocycles. The zero-order chi connectivity index (χ0) is 20.1. The maximum atomic E-state index is 12.0. The lowest BCUT2D eigenvalue weighted by atomic mass is 10.3. The summed E-state index contributed by atoms with van der Waals surface area (Å²) in [6.07, 6.45) is -0.752. The standard InChI is InChI=1S/C16H20O9P2/c17-13-7-9-15(10-8-13)25-16(26(18,19)20,27(21,22)23)11-4-12-24-14-5-2-1-3-6-14/h1-3,5-10,17H,4,11-12H2,(H2,18,19,20)(H2,21,22,23). The van der Waals surface area contributed by atoms with Crippen LogP contribution in [0.3, 0.4) is 0 Å². The fourth-order valence-electron chi connectivity index (χ4n) is 2.34. The molecular formula is C16H20O9P2. The predicted octanol–water partition coefficient (Wildman–Crippen LogP) is 2.64. The van der Waals surface area contributed by atoms with Crippen LogP contribution >= 0.6 is 15.2 Å². The topological polar surface area (TPSA) is 154 Å². The summed E-state index contributed by atoms with van der Waals surface area (Å²) in [4.78, 5) is 38.8. The third-order valence-corrected chi connectivity index (χ3v) is 7.70. The minimum Gasteiger partial charge on any atom is -0.508 e. The van der Waals surface area contributed by atoms with E-state index >= 15 is 0 Å². The summed E-state index contributed by atoms with van der Waals surface area (Å²) < 4.78 is 34.6. The molecule has 0 amide bonds. The van der Waals surface area contributed by atoms with Gasteiger partial charge in [-0.3, -0.25) is 9.13 Å². The van der Waals surface area contributed by atoms with Crippen molar-refractivity contribution in [3.05, 3.63) is 54.6 Å². The van der Waals surface area contributed by atoms with Crippen LogP contribution in [0, 0.1) is 0 Å². The molecule has 0 saturated carbocycles. The molecule has 0 aromatic heterocycles. The summed E-state index contributed by atoms with van der Waals surface area (Å²) in [6.45, 7) is -0.0370. The molecule has 2 aromatic rings. The molecule has 0 aliphatic carbocycles. The molecule has 11 heteroatoms. The van der Waals surface area contributed by atoms with E-state index in [9.17, 15) is 33.8 Å². The van der Waals surface area contributed by atoms with E-state index in [2.05, 4.69) is 0 Å². The predicted molar refractivity (Wildman–Crippen MR) is 96.7 cm³/mol. The number of aromatic hydroxyl groups is 1. The molecule has 2 rings (SSSR count). The molecule has 5 N–H and O–H groups in total. The van der Waals surface area contributed by atoms with Gasteiger partial charge in [-0.1, -0.05) is 18.2 Å². The van der Waals surface area contributed by atoms with Crippen LogP contribution < -0.4 is 9.47 Å². The summed E-state index contributed by atoms with van der Waals surface area (Å²) in [5.41, 5.74) is 0. The Bertz CT molecular complexity index is 805. The van der Waals surface area contributed by atoms with E-state index in [0.29, 0.717) is 5.75 Å². The maximum absolute atomic E-state index is 12.0. The number of benzene rings is 2. The van der Waals surface area contributed by atoms with Crippen LogP contribution in [0.2, 0.25) is 0 Å². The van der Waals surface area contributed by atoms with Crippen molar-refractivity contribution in [1.82, 2.24) is 0 Å². The van der Waals surface area contributed by atoms with Gasteiger partial charge in [-0.25, -0.2) is 0 Å². The molecule has 148 valence electrons. The molecule has 0 radical (unpaired) electrons. The van der Waals surface area contributed by atoms with Crippen molar-refractivity contribution in [2.45, 2.75) is 17.9 Å². The zero-order valence-corrected chi connectivity index (χ0v) is 15.9. The van der Waals surface area contributed by atoms with Crippen LogP contribution in [0.15, 0.2) is 54.6 Å². The number of phenolic OH excluding ortho intramolecular Hbond substituents is 1. The Hall–Kier alpha value is -1.86. The van der Waals surface area contributed by atoms with Crippen molar-refractivity contribution in [1.29, 1.82) is 0 Å². The highest BCUT2D eigenvalue weighted by atomic mass is 31.2. The Balaban J connectivity index is 2.21. The van der Waals surface area contributed by atoms with E-state index in [1.165, 1.54) is 0 Å². The lowest BCUT2D eigenvalue weighted by Gasteiger charge is -2.34. The van der Waals surface area contributed by atoms with Crippen LogP contribution in [0.5, 0.6) is 17.2 Å². The first-order chi connectivity index (χ1) is 12.6. The Morgan fingerprint density at radius 2 is 1.37 bits per heavy atom. The number of hydrogen-bond acceptors (Lipinski definition) is 5. The van der Waals surface area contributed by atoms with Crippen molar-refractivity contribution in [3.63, 3.8) is 0 Å². The smallest absolute Gasteiger partial charge is 0.381 e. The summed E-state index contributed by atoms with van der Waals surface area (Å²) in [5.74, 6) is 0.162. The highest BCUT2D eigenvalue weighted by Gasteiger charge is 2.62. The Kier molecular flexibility index (Phi) is 6.70. The molecule has 0 bridgehead atoms. The molecule has 27 heavy (non-hydrogen) atoms. The fraction of sp³-hybridized carbons (Fsp3) is 0.250. The quantitative estimate of drug-likeness (QED) is 0.305. The first kappa shape index (κ1) is 21.4. The van der Waals surface area contributed by atoms with E-state index in [0.717, 1.165) is 24.3 Å². The van der Waals surface area contributed by atoms with Gasteiger partial charge < -0.3 is 34.2 Å². The summed E-state index contributed by atoms with van der Waals surface area (Å²) in [6, 6.07) is 13.2. The highest BCUT2D eigenvalue weighted by Crippen LogP contribution is 2.71. The molecule has 0 atom stereocenters. The van der Waals surface area contributed by atoms with Crippen LogP contribution in [0.25, 0.3) is 0 Å². The van der Waals surface area contributed by atoms with Gasteiger partial charge in [0.15, 0.2) is 0 Å². The maximum Gasteiger partial charge on any atom is 0.381 e. The fourth-order valence-corrected chi connectivity index (χ4v) is 5.05. The third-order valence-electron chi connectivity index (χ3n) is 3.69. The van der Waals surface area contributed by atoms with Gasteiger partial charge in [0.1, 0.15) is 17.2 Å². The number of ether oxygens (including phenoxy) is 2. The van der Waals surface area contributed by atoms with E-state index < -0.39 is 26.7 Å². The van der Waals surface area contributed by atoms with Crippen molar-refractivity contribution >= 4 is 15.2 Å². The summed E-state index contributed by atoms with van der Waals surface area (Å²) in [7, 11) is -10.8. The first-order valence-electron chi connectivity index (χ1n) is 7.82. The molecule has 0 aliphatic heterocycles. The largest absolute Gasteiger partial charge is 0.508 e. The Labute approximate surface area is 155 Å². The molecule has 0 aliphatic rings. The van der Waals surface area contributed by atoms with Crippen LogP contribution in [-0.2, 0) is 9.13 Å². The van der Waals surface area contributed by atoms with Crippen molar-refractivity contribution in [2.75, 3.05) is 6.61 Å². The van der Waals surface area contributed by atoms with Gasteiger partial charge in [-0.05, 0) is 42.8 Å². The molecule has 2 aromatic carbocycles. The van der Waals surface area contributed by atoms with Crippen LogP contribution in [0.4, 0.5) is 0 Å². The monoisotopic (exact) mass is 418 g/mol. The molecular weight excluding hydrogens is 398 g/mol. The lowest BCUT2D eigenvalue weighted by molar-refractivity contribution is 0.136. The highest BCUT2D eigenvalue weighted by molar-refractivity contribution is 7.72. The van der Waals surface area contributed by atoms with Gasteiger partial charge in [0.2, 0.25) is 0 Å². The number of phenols is 1. The van der Waals surface area contributed by atoms with E-state index in [1.54, 1.807) is 30.3 Å². The molecule has 0 unspecified atom stereocenters. The van der Waals surface area contributed by atoms with Gasteiger partial charge in [0.05, 0.1) is 6.61 Å². The van der Waals surface area contributed by atoms with Gasteiger partial charge in [-0.2, -0.15) is 0 Å². The minimum absolute atomic E-state index is 0.0370. The van der Waals surface area contributed by atoms with Gasteiger partial charge in [0.25, 0.3) is 0 Å². The van der Waals surface area contributed by atoms with Crippen molar-refractivity contribution in [3.8, 4) is 17.2 Å². The minimum atomic E-state index is -5.42. The van der Waals surface area contributed by atoms with Crippen molar-refractivity contribution in [2.24, 2.45) is 0 Å². The molecule has 0 saturated heterocycles. The van der Waals surface area contributed by atoms with E-state index in [4.69, 9.17) is 9.47 Å². The lowest BCUT2D eigenvalue weighted by Crippen LogP contribution is -2.36. The Morgan fingerprint density at radius 1 is 0.815 bits per heavy atom. The first-order valence-corrected chi connectivity index (χ1v) is 11.0. The normalized spacial score (nSPS) is 12.6. The molecule has 0 fully saturated rings. The SMILES string of the molecule is O=P(O)(O)C(CCCOc1ccccc1)(Oc1ccc(O)cc1)P(=O)(O)O. The molecule has 0 spiro atoms. The van der Waals surface area contributed by atoms with E-state index in [-0.39, 0.29) is 24.5 Å². The number of rotatable bonds is 9. The zero-order valence-electron chi connectivity index (χ0n) is 14.1. The van der Waals surface area contributed by atoms with Crippen LogP contribution in [0.1, 0.15) is 12.8 Å². The Morgan fingerprint density at radius 3 is 1.89 bits per heavy atom. The van der Waals surface area contributed by atoms with Crippen molar-refractivity contribution < 1.29 is 43.3 Å². The second-order valence-corrected chi connectivity index (χ2v) is 9.67. The average Bonchev–Trinajstić information content (AvgIpc) is 2.58. The average molecular weight is 418 g/mol. The number of para-hydroxylation sites is 1. The molecule has 9 nitrogen and oxygen atoms in total. The van der Waals surface area contributed by atoms with Gasteiger partial charge in [0, 0.05) is 6.42 Å². The summed E-state index contributed by atoms with van der Waals surface area (Å²) >= 11 is 0. The van der Waals surface area contributed by atoms with Gasteiger partial charge >= 0.3 is 20.3 Å². The summed E-state index contributed by atoms with van der Waals surface area (Å²) in [5, 5.41) is 6.22. The van der Waals surface area contributed by atoms with Gasteiger partial charge in [-0.15, -0.1) is 0 Å². The van der Waals surface area contributed by atoms with E-state index in [1.807, 2.05) is 0 Å². The number of hydrogen-bond donors (Lipinski definition) is 5. The second kappa shape index (κ2) is 8.44. The van der Waals surface area contributed by atoms with Crippen LogP contribution in [-0.4, -0.2) is 36.4 Å². The third kappa shape index (κ3) is 5.32.